The van der Waals surface area contributed by atoms with E-state index in [4.69, 9.17) is 9.47 Å². The van der Waals surface area contributed by atoms with Crippen LogP contribution in [-0.4, -0.2) is 42.1 Å². The standard InChI is InChI=1S/C23H31NO4/c25-22(13-17-9-11-27-12-10-17)19-14-20-7-4-8-21(15-19)24(20)23(26)28-16-18-5-2-1-3-6-18/h1-3,5-6,17,19-21H,4,7-16H2. The Kier molecular flexibility index (Phi) is 6.30. The highest BCUT2D eigenvalue weighted by Crippen LogP contribution is 2.39. The van der Waals surface area contributed by atoms with Crippen molar-refractivity contribution in [2.45, 2.75) is 70.1 Å². The van der Waals surface area contributed by atoms with E-state index in [9.17, 15) is 9.59 Å². The van der Waals surface area contributed by atoms with Gasteiger partial charge < -0.3 is 14.4 Å². The summed E-state index contributed by atoms with van der Waals surface area (Å²) in [5, 5.41) is 0. The van der Waals surface area contributed by atoms with Gasteiger partial charge in [-0.3, -0.25) is 4.79 Å². The minimum absolute atomic E-state index is 0.108. The highest BCUT2D eigenvalue weighted by Gasteiger charge is 2.43. The number of rotatable bonds is 5. The number of ether oxygens (including phenoxy) is 2. The fourth-order valence-corrected chi connectivity index (χ4v) is 5.14. The number of hydrogen-bond acceptors (Lipinski definition) is 4. The van der Waals surface area contributed by atoms with Gasteiger partial charge in [0.05, 0.1) is 0 Å². The second-order valence-electron chi connectivity index (χ2n) is 8.58. The van der Waals surface area contributed by atoms with Gasteiger partial charge in [-0.05, 0) is 56.4 Å². The van der Waals surface area contributed by atoms with E-state index in [-0.39, 0.29) is 24.1 Å². The number of carbonyl (C=O) groups excluding carboxylic acids is 2. The Bertz CT molecular complexity index is 656. The molecule has 0 radical (unpaired) electrons. The minimum atomic E-state index is -0.214. The van der Waals surface area contributed by atoms with Crippen molar-refractivity contribution in [3.63, 3.8) is 0 Å². The van der Waals surface area contributed by atoms with Crippen molar-refractivity contribution in [2.24, 2.45) is 11.8 Å². The van der Waals surface area contributed by atoms with Crippen LogP contribution >= 0.6 is 0 Å². The molecule has 5 heteroatoms. The predicted molar refractivity (Wildman–Crippen MR) is 106 cm³/mol. The highest BCUT2D eigenvalue weighted by molar-refractivity contribution is 5.82. The maximum absolute atomic E-state index is 12.9. The first-order valence-electron chi connectivity index (χ1n) is 10.8. The SMILES string of the molecule is O=C(CC1CCOCC1)C1CC2CCCC(C1)N2C(=O)OCc1ccccc1. The first-order valence-corrected chi connectivity index (χ1v) is 10.8. The molecule has 0 saturated carbocycles. The van der Waals surface area contributed by atoms with Crippen molar-refractivity contribution < 1.29 is 19.1 Å². The first kappa shape index (κ1) is 19.4. The molecule has 5 nitrogen and oxygen atoms in total. The fourth-order valence-electron chi connectivity index (χ4n) is 5.14. The molecule has 2 unspecified atom stereocenters. The number of piperidine rings is 2. The molecule has 1 aromatic rings. The Hall–Kier alpha value is -1.88. The van der Waals surface area contributed by atoms with Gasteiger partial charge in [0.1, 0.15) is 12.4 Å². The molecule has 3 aliphatic heterocycles. The largest absolute Gasteiger partial charge is 0.445 e. The van der Waals surface area contributed by atoms with Crippen LogP contribution in [0.5, 0.6) is 0 Å². The monoisotopic (exact) mass is 385 g/mol. The maximum atomic E-state index is 12.9. The van der Waals surface area contributed by atoms with Gasteiger partial charge in [-0.15, -0.1) is 0 Å². The molecule has 3 fully saturated rings. The lowest BCUT2D eigenvalue weighted by molar-refractivity contribution is -0.128. The summed E-state index contributed by atoms with van der Waals surface area (Å²) >= 11 is 0. The summed E-state index contributed by atoms with van der Waals surface area (Å²) in [5.41, 5.74) is 1.00. The third-order valence-electron chi connectivity index (χ3n) is 6.68. The molecule has 3 saturated heterocycles. The number of carbonyl (C=O) groups is 2. The molecule has 152 valence electrons. The topological polar surface area (TPSA) is 55.8 Å². The van der Waals surface area contributed by atoms with Crippen molar-refractivity contribution in [3.8, 4) is 0 Å². The van der Waals surface area contributed by atoms with E-state index >= 15 is 0 Å². The summed E-state index contributed by atoms with van der Waals surface area (Å²) < 4.78 is 11.0. The van der Waals surface area contributed by atoms with Crippen LogP contribution < -0.4 is 0 Å². The Morgan fingerprint density at radius 2 is 1.68 bits per heavy atom. The molecule has 0 spiro atoms. The highest BCUT2D eigenvalue weighted by atomic mass is 16.6. The molecule has 3 heterocycles. The van der Waals surface area contributed by atoms with Gasteiger partial charge in [-0.25, -0.2) is 4.79 Å². The molecular formula is C23H31NO4. The fraction of sp³-hybridized carbons (Fsp3) is 0.652. The number of hydrogen-bond donors (Lipinski definition) is 0. The van der Waals surface area contributed by atoms with Crippen LogP contribution in [0, 0.1) is 11.8 Å². The van der Waals surface area contributed by atoms with Crippen LogP contribution in [0.25, 0.3) is 0 Å². The van der Waals surface area contributed by atoms with E-state index in [2.05, 4.69) is 0 Å². The van der Waals surface area contributed by atoms with Gasteiger partial charge in [0.25, 0.3) is 0 Å². The smallest absolute Gasteiger partial charge is 0.410 e. The van der Waals surface area contributed by atoms with Gasteiger partial charge >= 0.3 is 6.09 Å². The van der Waals surface area contributed by atoms with E-state index in [0.29, 0.717) is 24.7 Å². The summed E-state index contributed by atoms with van der Waals surface area (Å²) in [6.07, 6.45) is 7.19. The van der Waals surface area contributed by atoms with Gasteiger partial charge in [-0.1, -0.05) is 30.3 Å². The summed E-state index contributed by atoms with van der Waals surface area (Å²) in [7, 11) is 0. The van der Waals surface area contributed by atoms with Crippen LogP contribution in [0.1, 0.15) is 56.9 Å². The zero-order chi connectivity index (χ0) is 19.3. The lowest BCUT2D eigenvalue weighted by Crippen LogP contribution is -2.55. The van der Waals surface area contributed by atoms with Crippen molar-refractivity contribution in [1.29, 1.82) is 0 Å². The second-order valence-corrected chi connectivity index (χ2v) is 8.58. The van der Waals surface area contributed by atoms with Crippen molar-refractivity contribution in [1.82, 2.24) is 4.90 Å². The van der Waals surface area contributed by atoms with Crippen molar-refractivity contribution in [2.75, 3.05) is 13.2 Å². The van der Waals surface area contributed by atoms with Crippen molar-refractivity contribution >= 4 is 11.9 Å². The van der Waals surface area contributed by atoms with E-state index in [0.717, 1.165) is 63.7 Å². The third-order valence-corrected chi connectivity index (χ3v) is 6.68. The van der Waals surface area contributed by atoms with E-state index < -0.39 is 0 Å². The van der Waals surface area contributed by atoms with Crippen LogP contribution in [-0.2, 0) is 20.9 Å². The van der Waals surface area contributed by atoms with Crippen LogP contribution in [0.2, 0.25) is 0 Å². The predicted octanol–water partition coefficient (Wildman–Crippen LogP) is 4.34. The molecule has 0 aromatic heterocycles. The Morgan fingerprint density at radius 1 is 1.00 bits per heavy atom. The summed E-state index contributed by atoms with van der Waals surface area (Å²) in [6, 6.07) is 10.1. The second kappa shape index (κ2) is 9.08. The maximum Gasteiger partial charge on any atom is 0.410 e. The number of fused-ring (bicyclic) bond motifs is 2. The zero-order valence-corrected chi connectivity index (χ0v) is 16.6. The molecule has 1 aromatic carbocycles. The number of ketones is 1. The number of benzene rings is 1. The minimum Gasteiger partial charge on any atom is -0.445 e. The average Bonchev–Trinajstić information content (AvgIpc) is 2.72. The molecule has 28 heavy (non-hydrogen) atoms. The van der Waals surface area contributed by atoms with Gasteiger partial charge in [0.15, 0.2) is 0 Å². The molecule has 2 bridgehead atoms. The van der Waals surface area contributed by atoms with Crippen LogP contribution in [0.4, 0.5) is 4.79 Å². The van der Waals surface area contributed by atoms with Gasteiger partial charge in [-0.2, -0.15) is 0 Å². The summed E-state index contributed by atoms with van der Waals surface area (Å²) in [5.74, 6) is 0.993. The molecular weight excluding hydrogens is 354 g/mol. The number of Topliss-reactive ketones (excluding diaryl/α,β-unsaturated/α-hetero) is 1. The van der Waals surface area contributed by atoms with Gasteiger partial charge in [0, 0.05) is 37.6 Å². The molecule has 3 aliphatic rings. The normalized spacial score (nSPS) is 28.0. The Balaban J connectivity index is 1.33. The summed E-state index contributed by atoms with van der Waals surface area (Å²) in [4.78, 5) is 27.6. The third kappa shape index (κ3) is 4.57. The van der Waals surface area contributed by atoms with Crippen LogP contribution in [0.3, 0.4) is 0 Å². The molecule has 1 amide bonds. The number of amides is 1. The zero-order valence-electron chi connectivity index (χ0n) is 16.6. The van der Waals surface area contributed by atoms with Gasteiger partial charge in [0.2, 0.25) is 0 Å². The van der Waals surface area contributed by atoms with Crippen LogP contribution in [0.15, 0.2) is 30.3 Å². The Morgan fingerprint density at radius 3 is 2.36 bits per heavy atom. The average molecular weight is 386 g/mol. The first-order chi connectivity index (χ1) is 13.7. The van der Waals surface area contributed by atoms with E-state index in [1.807, 2.05) is 35.2 Å². The molecule has 0 N–H and O–H groups in total. The summed E-state index contributed by atoms with van der Waals surface area (Å²) in [6.45, 7) is 1.88. The quantitative estimate of drug-likeness (QED) is 0.756. The van der Waals surface area contributed by atoms with Crippen molar-refractivity contribution in [3.05, 3.63) is 35.9 Å². The van der Waals surface area contributed by atoms with E-state index in [1.165, 1.54) is 0 Å². The lowest BCUT2D eigenvalue weighted by Gasteiger charge is -2.47. The number of nitrogens with zero attached hydrogens (tertiary/aromatic N) is 1. The molecule has 0 aliphatic carbocycles. The molecule has 4 rings (SSSR count). The molecule has 2 atom stereocenters. The Labute approximate surface area is 167 Å². The lowest BCUT2D eigenvalue weighted by atomic mass is 9.75. The van der Waals surface area contributed by atoms with E-state index in [1.54, 1.807) is 0 Å².